The number of fused-ring (bicyclic) bond motifs is 1. The predicted octanol–water partition coefficient (Wildman–Crippen LogP) is 0.419. The first-order chi connectivity index (χ1) is 5.90. The molecule has 5 nitrogen and oxygen atoms in total. The molecule has 2 rings (SSSR count). The van der Waals surface area contributed by atoms with Gasteiger partial charge in [0.15, 0.2) is 5.65 Å². The van der Waals surface area contributed by atoms with Crippen LogP contribution in [0.15, 0.2) is 12.5 Å². The molecule has 5 heteroatoms. The topological polar surface area (TPSA) is 78.2 Å². The maximum absolute atomic E-state index is 8.38. The second-order valence-electron chi connectivity index (χ2n) is 2.26. The van der Waals surface area contributed by atoms with Gasteiger partial charge in [0.25, 0.3) is 0 Å². The second kappa shape index (κ2) is 2.58. The van der Waals surface area contributed by atoms with Crippen LogP contribution in [-0.4, -0.2) is 19.9 Å². The molecular weight excluding hydrogens is 154 g/mol. The Morgan fingerprint density at radius 2 is 2.42 bits per heavy atom. The quantitative estimate of drug-likeness (QED) is 0.654. The number of aromatic nitrogens is 4. The van der Waals surface area contributed by atoms with Crippen LogP contribution in [0.2, 0.25) is 0 Å². The minimum Gasteiger partial charge on any atom is -0.342 e. The number of imidazole rings is 1. The van der Waals surface area contributed by atoms with E-state index in [1.807, 2.05) is 6.07 Å². The van der Waals surface area contributed by atoms with E-state index in [0.29, 0.717) is 11.5 Å². The van der Waals surface area contributed by atoms with Crippen molar-refractivity contribution in [3.05, 3.63) is 18.3 Å². The van der Waals surface area contributed by atoms with E-state index in [2.05, 4.69) is 19.9 Å². The fourth-order valence-electron chi connectivity index (χ4n) is 0.927. The van der Waals surface area contributed by atoms with Crippen LogP contribution in [-0.2, 0) is 6.42 Å². The van der Waals surface area contributed by atoms with Crippen LogP contribution in [0.1, 0.15) is 5.82 Å². The molecule has 0 saturated heterocycles. The Morgan fingerprint density at radius 1 is 1.50 bits per heavy atom. The summed E-state index contributed by atoms with van der Waals surface area (Å²) in [5, 5.41) is 8.38. The Labute approximate surface area is 68.1 Å². The summed E-state index contributed by atoms with van der Waals surface area (Å²) in [6.07, 6.45) is 3.40. The molecule has 0 fully saturated rings. The first-order valence-corrected chi connectivity index (χ1v) is 3.42. The summed E-state index contributed by atoms with van der Waals surface area (Å²) in [6.45, 7) is 0. The van der Waals surface area contributed by atoms with Crippen LogP contribution >= 0.6 is 0 Å². The van der Waals surface area contributed by atoms with Crippen LogP contribution in [0.4, 0.5) is 0 Å². The summed E-state index contributed by atoms with van der Waals surface area (Å²) in [4.78, 5) is 14.8. The lowest BCUT2D eigenvalue weighted by atomic mass is 10.4. The minimum absolute atomic E-state index is 0.225. The molecule has 0 aromatic carbocycles. The van der Waals surface area contributed by atoms with Crippen LogP contribution in [0.25, 0.3) is 11.2 Å². The highest BCUT2D eigenvalue weighted by atomic mass is 15.0. The summed E-state index contributed by atoms with van der Waals surface area (Å²) >= 11 is 0. The van der Waals surface area contributed by atoms with Gasteiger partial charge in [-0.15, -0.1) is 0 Å². The van der Waals surface area contributed by atoms with Crippen molar-refractivity contribution in [2.75, 3.05) is 0 Å². The van der Waals surface area contributed by atoms with Gasteiger partial charge in [0.05, 0.1) is 25.0 Å². The Kier molecular flexibility index (Phi) is 1.45. The predicted molar refractivity (Wildman–Crippen MR) is 41.0 cm³/mol. The van der Waals surface area contributed by atoms with Crippen molar-refractivity contribution in [2.45, 2.75) is 6.42 Å². The van der Waals surface area contributed by atoms with Gasteiger partial charge in [-0.25, -0.2) is 15.0 Å². The number of hydrogen-bond donors (Lipinski definition) is 1. The molecule has 0 unspecified atom stereocenters. The highest BCUT2D eigenvalue weighted by Crippen LogP contribution is 2.03. The van der Waals surface area contributed by atoms with E-state index < -0.39 is 0 Å². The van der Waals surface area contributed by atoms with Gasteiger partial charge in [0.1, 0.15) is 11.3 Å². The maximum atomic E-state index is 8.38. The van der Waals surface area contributed by atoms with Crippen molar-refractivity contribution >= 4 is 11.2 Å². The molecule has 2 aromatic heterocycles. The normalized spacial score (nSPS) is 9.92. The Bertz CT molecular complexity index is 438. The molecule has 0 atom stereocenters. The molecule has 12 heavy (non-hydrogen) atoms. The maximum Gasteiger partial charge on any atom is 0.180 e. The molecule has 2 heterocycles. The van der Waals surface area contributed by atoms with Crippen LogP contribution in [0.5, 0.6) is 0 Å². The van der Waals surface area contributed by atoms with Gasteiger partial charge < -0.3 is 4.98 Å². The number of aromatic amines is 1. The highest BCUT2D eigenvalue weighted by molar-refractivity contribution is 5.68. The zero-order valence-corrected chi connectivity index (χ0v) is 6.15. The van der Waals surface area contributed by atoms with Crippen LogP contribution < -0.4 is 0 Å². The van der Waals surface area contributed by atoms with Crippen molar-refractivity contribution < 1.29 is 0 Å². The summed E-state index contributed by atoms with van der Waals surface area (Å²) in [7, 11) is 0. The number of nitrogens with one attached hydrogen (secondary N) is 1. The third-order valence-corrected chi connectivity index (χ3v) is 1.46. The Balaban J connectivity index is 2.54. The van der Waals surface area contributed by atoms with E-state index in [1.165, 1.54) is 0 Å². The number of hydrogen-bond acceptors (Lipinski definition) is 4. The lowest BCUT2D eigenvalue weighted by Gasteiger charge is -1.90. The largest absolute Gasteiger partial charge is 0.342 e. The lowest BCUT2D eigenvalue weighted by Crippen LogP contribution is -1.92. The number of nitrogens with zero attached hydrogens (tertiary/aromatic N) is 4. The molecule has 0 aliphatic heterocycles. The van der Waals surface area contributed by atoms with Crippen LogP contribution in [0, 0.1) is 11.3 Å². The zero-order valence-electron chi connectivity index (χ0n) is 6.15. The Morgan fingerprint density at radius 3 is 3.25 bits per heavy atom. The van der Waals surface area contributed by atoms with Crippen molar-refractivity contribution in [3.63, 3.8) is 0 Å². The van der Waals surface area contributed by atoms with E-state index in [0.717, 1.165) is 5.52 Å². The van der Waals surface area contributed by atoms with Gasteiger partial charge in [-0.2, -0.15) is 5.26 Å². The fourth-order valence-corrected chi connectivity index (χ4v) is 0.927. The van der Waals surface area contributed by atoms with E-state index >= 15 is 0 Å². The first-order valence-electron chi connectivity index (χ1n) is 3.42. The van der Waals surface area contributed by atoms with Gasteiger partial charge >= 0.3 is 0 Å². The smallest absolute Gasteiger partial charge is 0.180 e. The molecule has 1 N–H and O–H groups in total. The van der Waals surface area contributed by atoms with Crippen molar-refractivity contribution in [1.29, 1.82) is 5.26 Å². The fraction of sp³-hybridized carbons (Fsp3) is 0.143. The molecular formula is C7H5N5. The molecule has 2 aromatic rings. The standard InChI is InChI=1S/C7H5N5/c8-2-1-6-9-3-5-7(12-6)11-4-10-5/h3-4H,1H2,(H,9,10,11,12). The van der Waals surface area contributed by atoms with Crippen LogP contribution in [0.3, 0.4) is 0 Å². The summed E-state index contributed by atoms with van der Waals surface area (Å²) in [5.41, 5.74) is 1.40. The Hall–Kier alpha value is -1.96. The third-order valence-electron chi connectivity index (χ3n) is 1.46. The monoisotopic (exact) mass is 159 g/mol. The van der Waals surface area contributed by atoms with Crippen molar-refractivity contribution in [3.8, 4) is 6.07 Å². The van der Waals surface area contributed by atoms with E-state index in [4.69, 9.17) is 5.26 Å². The molecule has 0 amide bonds. The third kappa shape index (κ3) is 0.992. The molecule has 0 aliphatic rings. The van der Waals surface area contributed by atoms with Gasteiger partial charge in [-0.1, -0.05) is 0 Å². The highest BCUT2D eigenvalue weighted by Gasteiger charge is 1.99. The van der Waals surface area contributed by atoms with Crippen molar-refractivity contribution in [1.82, 2.24) is 19.9 Å². The van der Waals surface area contributed by atoms with Gasteiger partial charge in [-0.05, 0) is 0 Å². The number of nitriles is 1. The average Bonchev–Trinajstić information content (AvgIpc) is 2.51. The summed E-state index contributed by atoms with van der Waals surface area (Å²) < 4.78 is 0. The van der Waals surface area contributed by atoms with Gasteiger partial charge in [0, 0.05) is 0 Å². The second-order valence-corrected chi connectivity index (χ2v) is 2.26. The molecule has 0 radical (unpaired) electrons. The minimum atomic E-state index is 0.225. The zero-order chi connectivity index (χ0) is 8.39. The van der Waals surface area contributed by atoms with E-state index in [9.17, 15) is 0 Å². The van der Waals surface area contributed by atoms with Crippen molar-refractivity contribution in [2.24, 2.45) is 0 Å². The lowest BCUT2D eigenvalue weighted by molar-refractivity contribution is 1.02. The van der Waals surface area contributed by atoms with E-state index in [1.54, 1.807) is 12.5 Å². The SMILES string of the molecule is N#CCc1ncc2[nH]cnc2n1. The first kappa shape index (κ1) is 6.73. The number of H-pyrrole nitrogens is 1. The van der Waals surface area contributed by atoms with Gasteiger partial charge in [0.2, 0.25) is 0 Å². The van der Waals surface area contributed by atoms with Gasteiger partial charge in [-0.3, -0.25) is 0 Å². The molecule has 0 saturated carbocycles. The molecule has 58 valence electrons. The summed E-state index contributed by atoms with van der Waals surface area (Å²) in [5.74, 6) is 0.511. The summed E-state index contributed by atoms with van der Waals surface area (Å²) in [6, 6.07) is 1.98. The molecule has 0 aliphatic carbocycles. The molecule has 0 spiro atoms. The molecule has 0 bridgehead atoms. The number of rotatable bonds is 1. The average molecular weight is 159 g/mol. The van der Waals surface area contributed by atoms with E-state index in [-0.39, 0.29) is 6.42 Å².